The van der Waals surface area contributed by atoms with Crippen LogP contribution in [-0.4, -0.2) is 79.3 Å². The molecule has 5 N–H and O–H groups in total. The van der Waals surface area contributed by atoms with E-state index in [1.807, 2.05) is 30.3 Å². The number of nitrogens with two attached hydrogens (primary N) is 1. The highest BCUT2D eigenvalue weighted by Crippen LogP contribution is 2.50. The van der Waals surface area contributed by atoms with Crippen LogP contribution in [0, 0.1) is 5.41 Å². The minimum atomic E-state index is -4.03. The van der Waals surface area contributed by atoms with E-state index in [0.717, 1.165) is 17.3 Å². The molecule has 2 aliphatic rings. The van der Waals surface area contributed by atoms with Crippen LogP contribution in [0.4, 0.5) is 10.7 Å². The number of fused-ring (bicyclic) bond motifs is 2. The van der Waals surface area contributed by atoms with E-state index in [2.05, 4.69) is 20.0 Å². The summed E-state index contributed by atoms with van der Waals surface area (Å²) in [5.41, 5.74) is 3.74. The molecule has 0 radical (unpaired) electrons. The van der Waals surface area contributed by atoms with Gasteiger partial charge in [0.05, 0.1) is 31.6 Å². The number of aliphatic hydroxyl groups is 1. The fourth-order valence-corrected chi connectivity index (χ4v) is 6.95. The first-order valence-electron chi connectivity index (χ1n) is 13.6. The lowest BCUT2D eigenvalue weighted by molar-refractivity contribution is -0.119. The Morgan fingerprint density at radius 3 is 2.77 bits per heavy atom. The zero-order valence-electron chi connectivity index (χ0n) is 24.1. The molecule has 5 rings (SSSR count). The summed E-state index contributed by atoms with van der Waals surface area (Å²) in [4.78, 5) is 47.6. The van der Waals surface area contributed by atoms with Gasteiger partial charge in [-0.25, -0.2) is 19.4 Å². The van der Waals surface area contributed by atoms with E-state index < -0.39 is 48.9 Å². The molecule has 0 aliphatic carbocycles. The first kappa shape index (κ1) is 32.1. The Hall–Kier alpha value is -3.31. The van der Waals surface area contributed by atoms with Crippen LogP contribution in [0.5, 0.6) is 0 Å². The molecule has 18 heteroatoms. The maximum absolute atomic E-state index is 13.9. The number of carbonyl (C=O) groups excluding carboxylic acids is 2. The number of nitrogen functional groups attached to an aromatic ring is 1. The van der Waals surface area contributed by atoms with Gasteiger partial charge >= 0.3 is 13.9 Å². The number of hydrogen-bond donors (Lipinski definition) is 4. The molecular formula is C26H33N6O10PS. The molecule has 5 atom stereocenters. The Labute approximate surface area is 255 Å². The molecular weight excluding hydrogens is 619 g/mol. The number of nitrogens with zero attached hydrogens (tertiary/aromatic N) is 3. The molecule has 0 amide bonds. The highest BCUT2D eigenvalue weighted by molar-refractivity contribution is 8.13. The number of aliphatic hydroxyl groups excluding tert-OH is 1. The van der Waals surface area contributed by atoms with Crippen molar-refractivity contribution in [3.8, 4) is 0 Å². The Morgan fingerprint density at radius 2 is 2.05 bits per heavy atom. The van der Waals surface area contributed by atoms with Crippen LogP contribution in [0.2, 0.25) is 0 Å². The molecule has 0 spiro atoms. The molecule has 2 aliphatic heterocycles. The predicted octanol–water partition coefficient (Wildman–Crippen LogP) is 2.10. The number of carbonyl (C=O) groups is 2. The van der Waals surface area contributed by atoms with Crippen LogP contribution in [0.1, 0.15) is 32.6 Å². The van der Waals surface area contributed by atoms with E-state index in [1.54, 1.807) is 20.8 Å². The van der Waals surface area contributed by atoms with Crippen LogP contribution in [0.3, 0.4) is 0 Å². The molecule has 16 nitrogen and oxygen atoms in total. The van der Waals surface area contributed by atoms with E-state index >= 15 is 0 Å². The summed E-state index contributed by atoms with van der Waals surface area (Å²) >= 11 is 0.945. The van der Waals surface area contributed by atoms with E-state index in [1.165, 1.54) is 10.9 Å². The van der Waals surface area contributed by atoms with E-state index in [9.17, 15) is 24.1 Å². The first-order chi connectivity index (χ1) is 20.8. The molecule has 4 heterocycles. The largest absolute Gasteiger partial charge is 0.509 e. The third-order valence-corrected chi connectivity index (χ3v) is 9.92. The summed E-state index contributed by atoms with van der Waals surface area (Å²) < 4.78 is 43.9. The number of imidazole rings is 1. The molecule has 44 heavy (non-hydrogen) atoms. The standard InChI is InChI=1S/C26H33N6O10PS/c1-25(2,13-33)22(35)44-10-9-38-43(37,29-11-15-7-5-4-6-8-15)39-12-16-18-26(3,42-24(36)41-18)21(40-16)32-14-28-17-19(32)30-23(27)31-20(17)34/h4-8,14,16,18,21,33H,9-13H2,1-3H3,(H,29,37)(H3,27,30,31,34)/t16-,18-,21-,26-,43?/m1/s1. The van der Waals surface area contributed by atoms with Crippen LogP contribution in [-0.2, 0) is 39.2 Å². The third kappa shape index (κ3) is 6.54. The lowest BCUT2D eigenvalue weighted by Gasteiger charge is -2.26. The second kappa shape index (κ2) is 12.6. The number of anilines is 1. The van der Waals surface area contributed by atoms with Crippen molar-refractivity contribution >= 4 is 47.9 Å². The van der Waals surface area contributed by atoms with Crippen molar-refractivity contribution in [2.45, 2.75) is 51.4 Å². The highest BCUT2D eigenvalue weighted by Gasteiger charge is 2.64. The third-order valence-electron chi connectivity index (χ3n) is 7.18. The number of hydrogen-bond acceptors (Lipinski definition) is 14. The molecule has 238 valence electrons. The summed E-state index contributed by atoms with van der Waals surface area (Å²) in [7, 11) is -4.03. The molecule has 0 bridgehead atoms. The number of nitrogens with one attached hydrogen (secondary N) is 2. The van der Waals surface area contributed by atoms with Crippen molar-refractivity contribution in [1.29, 1.82) is 0 Å². The summed E-state index contributed by atoms with van der Waals surface area (Å²) in [6, 6.07) is 9.15. The van der Waals surface area contributed by atoms with Gasteiger partial charge < -0.3 is 25.1 Å². The summed E-state index contributed by atoms with van der Waals surface area (Å²) in [5, 5.41) is 12.0. The van der Waals surface area contributed by atoms with Crippen molar-refractivity contribution < 1.29 is 42.5 Å². The van der Waals surface area contributed by atoms with E-state index in [-0.39, 0.29) is 54.3 Å². The number of aromatic amines is 1. The Balaban J connectivity index is 1.32. The van der Waals surface area contributed by atoms with Gasteiger partial charge in [0, 0.05) is 12.3 Å². The van der Waals surface area contributed by atoms with Crippen molar-refractivity contribution in [1.82, 2.24) is 24.6 Å². The fourth-order valence-electron chi connectivity index (χ4n) is 4.71. The van der Waals surface area contributed by atoms with Crippen LogP contribution in [0.15, 0.2) is 41.5 Å². The van der Waals surface area contributed by atoms with Gasteiger partial charge in [-0.3, -0.25) is 28.2 Å². The lowest BCUT2D eigenvalue weighted by atomic mass is 9.96. The molecule has 1 aromatic carbocycles. The Bertz CT molecular complexity index is 1630. The number of benzene rings is 1. The summed E-state index contributed by atoms with van der Waals surface area (Å²) in [6.45, 7) is 4.17. The zero-order chi connectivity index (χ0) is 31.7. The van der Waals surface area contributed by atoms with Gasteiger partial charge in [-0.1, -0.05) is 42.1 Å². The fraction of sp³-hybridized carbons (Fsp3) is 0.500. The van der Waals surface area contributed by atoms with E-state index in [0.29, 0.717) is 0 Å². The average Bonchev–Trinajstić information content (AvgIpc) is 3.62. The summed E-state index contributed by atoms with van der Waals surface area (Å²) in [5.74, 6) is 0.00518. The van der Waals surface area contributed by atoms with Gasteiger partial charge in [-0.2, -0.15) is 4.98 Å². The smallest absolute Gasteiger partial charge is 0.424 e. The number of H-pyrrole nitrogens is 1. The van der Waals surface area contributed by atoms with Crippen molar-refractivity contribution in [2.24, 2.45) is 5.41 Å². The van der Waals surface area contributed by atoms with Gasteiger partial charge in [0.1, 0.15) is 6.10 Å². The Kier molecular flexibility index (Phi) is 9.18. The van der Waals surface area contributed by atoms with Gasteiger partial charge in [-0.05, 0) is 26.3 Å². The van der Waals surface area contributed by atoms with Crippen molar-refractivity contribution in [3.63, 3.8) is 0 Å². The topological polar surface area (TPSA) is 219 Å². The SMILES string of the molecule is CC(C)(CO)C(=O)SCCOP(=O)(NCc1ccccc1)OC[C@H]1O[C@@H](n2cnc3c(=O)[nH]c(N)nc32)[C@]2(C)OC(=O)O[C@H]12. The average molecular weight is 653 g/mol. The predicted molar refractivity (Wildman–Crippen MR) is 157 cm³/mol. The Morgan fingerprint density at radius 1 is 1.30 bits per heavy atom. The minimum absolute atomic E-state index is 0.00497. The zero-order valence-corrected chi connectivity index (χ0v) is 25.8. The second-order valence-electron chi connectivity index (χ2n) is 11.0. The van der Waals surface area contributed by atoms with Crippen molar-refractivity contribution in [2.75, 3.05) is 31.3 Å². The normalized spacial score (nSPS) is 24.5. The van der Waals surface area contributed by atoms with E-state index in [4.69, 9.17) is 29.0 Å². The summed E-state index contributed by atoms with van der Waals surface area (Å²) in [6.07, 6.45) is -2.71. The number of ether oxygens (including phenoxy) is 3. The lowest BCUT2D eigenvalue weighted by Crippen LogP contribution is -2.42. The number of rotatable bonds is 13. The monoisotopic (exact) mass is 652 g/mol. The molecule has 1 unspecified atom stereocenters. The maximum Gasteiger partial charge on any atom is 0.509 e. The van der Waals surface area contributed by atoms with Gasteiger partial charge in [0.25, 0.3) is 5.56 Å². The highest BCUT2D eigenvalue weighted by atomic mass is 32.2. The van der Waals surface area contributed by atoms with Crippen LogP contribution < -0.4 is 16.4 Å². The van der Waals surface area contributed by atoms with Gasteiger partial charge in [-0.15, -0.1) is 0 Å². The number of thioether (sulfide) groups is 1. The quantitative estimate of drug-likeness (QED) is 0.118. The molecule has 2 saturated heterocycles. The van der Waals surface area contributed by atoms with Crippen LogP contribution >= 0.6 is 19.5 Å². The minimum Gasteiger partial charge on any atom is -0.424 e. The molecule has 3 aromatic rings. The van der Waals surface area contributed by atoms with Gasteiger partial charge in [0.15, 0.2) is 34.2 Å². The molecule has 2 aromatic heterocycles. The number of aromatic nitrogens is 4. The van der Waals surface area contributed by atoms with Crippen LogP contribution in [0.25, 0.3) is 11.2 Å². The molecule has 0 saturated carbocycles. The van der Waals surface area contributed by atoms with Crippen molar-refractivity contribution in [3.05, 3.63) is 52.6 Å². The maximum atomic E-state index is 13.9. The van der Waals surface area contributed by atoms with Gasteiger partial charge in [0.2, 0.25) is 5.95 Å². The molecule has 2 fully saturated rings. The second-order valence-corrected chi connectivity index (χ2v) is 13.9. The first-order valence-corrected chi connectivity index (χ1v) is 16.1.